The molecule has 2 aliphatic carbocycles. The first kappa shape index (κ1) is 36.8. The molecule has 0 saturated carbocycles. The van der Waals surface area contributed by atoms with Crippen molar-refractivity contribution in [3.63, 3.8) is 0 Å². The smallest absolute Gasteiger partial charge is 0.411 e. The van der Waals surface area contributed by atoms with Gasteiger partial charge in [0.25, 0.3) is 0 Å². The number of nitrogens with zero attached hydrogens (tertiary/aromatic N) is 3. The van der Waals surface area contributed by atoms with E-state index in [-0.39, 0.29) is 60.3 Å². The molecule has 1 fully saturated rings. The summed E-state index contributed by atoms with van der Waals surface area (Å²) < 4.78 is 25.1. The topological polar surface area (TPSA) is 143 Å². The van der Waals surface area contributed by atoms with Gasteiger partial charge in [0.05, 0.1) is 39.0 Å². The molecule has 0 unspecified atom stereocenters. The largest absolute Gasteiger partial charge is 0.497 e. The second-order valence-electron chi connectivity index (χ2n) is 14.1. The number of aryl methyl sites for hydroxylation is 1. The molecule has 2 aromatic carbocycles. The van der Waals surface area contributed by atoms with Crippen LogP contribution in [0.1, 0.15) is 57.9 Å². The Kier molecular flexibility index (Phi) is 12.1. The van der Waals surface area contributed by atoms with E-state index >= 15 is 0 Å². The number of carbonyl (C=O) groups is 3. The third-order valence-corrected chi connectivity index (χ3v) is 10.4. The van der Waals surface area contributed by atoms with E-state index in [0.717, 1.165) is 29.7 Å². The summed E-state index contributed by atoms with van der Waals surface area (Å²) >= 11 is 0. The Morgan fingerprint density at radius 3 is 2.58 bits per heavy atom. The number of esters is 1. The standard InChI is InChI=1S/C40H49N5O7/c1-25-19-29-8-5-26(2)34(16-15-32-21-33(22-38(47)51-32)50-24-27-6-13-31(49-4)14-7-27)39(29)36(20-25)52-40(48)42-30-11-9-28(10-12-30)35-23-45(44-43-35)18-17-37(46)41-3/h5-14,19,23,25-26,32-34,36,39H,15-18,20-22,24H2,1-4H3,(H,41,46)(H,42,48)/t25-,26-,32+,33+,34-,36-,39-/m0/s1. The molecular formula is C40H49N5O7. The van der Waals surface area contributed by atoms with Gasteiger partial charge in [0, 0.05) is 37.1 Å². The highest BCUT2D eigenvalue weighted by Gasteiger charge is 2.42. The van der Waals surface area contributed by atoms with Crippen LogP contribution in [-0.4, -0.2) is 65.4 Å². The molecule has 12 heteroatoms. The predicted molar refractivity (Wildman–Crippen MR) is 195 cm³/mol. The van der Waals surface area contributed by atoms with E-state index < -0.39 is 6.09 Å². The minimum atomic E-state index is -0.495. The molecule has 12 nitrogen and oxygen atoms in total. The number of ether oxygens (including phenoxy) is 4. The molecule has 52 heavy (non-hydrogen) atoms. The molecule has 1 saturated heterocycles. The molecule has 3 aromatic rings. The summed E-state index contributed by atoms with van der Waals surface area (Å²) in [4.78, 5) is 37.5. The number of anilines is 1. The van der Waals surface area contributed by atoms with Crippen LogP contribution in [0.4, 0.5) is 10.5 Å². The number of aromatic nitrogens is 3. The van der Waals surface area contributed by atoms with Crippen LogP contribution in [0.25, 0.3) is 11.3 Å². The summed E-state index contributed by atoms with van der Waals surface area (Å²) in [7, 11) is 3.24. The minimum absolute atomic E-state index is 0.0387. The highest BCUT2D eigenvalue weighted by atomic mass is 16.6. The predicted octanol–water partition coefficient (Wildman–Crippen LogP) is 6.48. The number of benzene rings is 2. The number of allylic oxidation sites excluding steroid dienone is 3. The highest BCUT2D eigenvalue weighted by Crippen LogP contribution is 2.45. The van der Waals surface area contributed by atoms with Gasteiger partial charge < -0.3 is 24.3 Å². The van der Waals surface area contributed by atoms with E-state index in [4.69, 9.17) is 18.9 Å². The molecule has 0 radical (unpaired) electrons. The maximum Gasteiger partial charge on any atom is 0.411 e. The van der Waals surface area contributed by atoms with E-state index in [1.165, 1.54) is 5.57 Å². The molecule has 2 N–H and O–H groups in total. The van der Waals surface area contributed by atoms with Gasteiger partial charge in [-0.2, -0.15) is 0 Å². The Balaban J connectivity index is 1.04. The van der Waals surface area contributed by atoms with E-state index in [1.54, 1.807) is 25.0 Å². The van der Waals surface area contributed by atoms with Crippen molar-refractivity contribution in [1.82, 2.24) is 20.3 Å². The van der Waals surface area contributed by atoms with Crippen LogP contribution < -0.4 is 15.4 Å². The zero-order valence-electron chi connectivity index (χ0n) is 30.3. The van der Waals surface area contributed by atoms with Crippen molar-refractivity contribution in [2.24, 2.45) is 23.7 Å². The average molecular weight is 712 g/mol. The molecule has 3 aliphatic rings. The first-order valence-corrected chi connectivity index (χ1v) is 18.2. The summed E-state index contributed by atoms with van der Waals surface area (Å²) in [6, 6.07) is 15.1. The fourth-order valence-electron chi connectivity index (χ4n) is 7.57. The van der Waals surface area contributed by atoms with Gasteiger partial charge in [-0.1, -0.05) is 61.6 Å². The number of nitrogens with one attached hydrogen (secondary N) is 2. The zero-order valence-corrected chi connectivity index (χ0v) is 30.3. The van der Waals surface area contributed by atoms with E-state index in [1.807, 2.05) is 48.5 Å². The average Bonchev–Trinajstić information content (AvgIpc) is 3.62. The quantitative estimate of drug-likeness (QED) is 0.191. The molecule has 276 valence electrons. The summed E-state index contributed by atoms with van der Waals surface area (Å²) in [6.45, 7) is 5.21. The summed E-state index contributed by atoms with van der Waals surface area (Å²) in [6.07, 6.45) is 10.8. The van der Waals surface area contributed by atoms with Crippen molar-refractivity contribution in [1.29, 1.82) is 0 Å². The van der Waals surface area contributed by atoms with Crippen molar-refractivity contribution in [3.8, 4) is 17.0 Å². The van der Waals surface area contributed by atoms with Crippen LogP contribution in [-0.2, 0) is 37.0 Å². The van der Waals surface area contributed by atoms with Crippen molar-refractivity contribution >= 4 is 23.7 Å². The molecule has 1 aliphatic heterocycles. The van der Waals surface area contributed by atoms with E-state index in [2.05, 4.69) is 53.0 Å². The molecule has 2 amide bonds. The van der Waals surface area contributed by atoms with Crippen molar-refractivity contribution < 1.29 is 33.3 Å². The fourth-order valence-corrected chi connectivity index (χ4v) is 7.57. The number of carbonyl (C=O) groups excluding carboxylic acids is 3. The molecule has 1 aromatic heterocycles. The maximum absolute atomic E-state index is 13.3. The number of fused-ring (bicyclic) bond motifs is 1. The van der Waals surface area contributed by atoms with Gasteiger partial charge in [-0.05, 0) is 72.4 Å². The van der Waals surface area contributed by atoms with Crippen LogP contribution >= 0.6 is 0 Å². The lowest BCUT2D eigenvalue weighted by Crippen LogP contribution is -2.42. The number of hydrogen-bond donors (Lipinski definition) is 2. The van der Waals surface area contributed by atoms with E-state index in [0.29, 0.717) is 43.8 Å². The fraction of sp³-hybridized carbons (Fsp3) is 0.475. The zero-order chi connectivity index (χ0) is 36.6. The number of methoxy groups -OCH3 is 1. The third-order valence-electron chi connectivity index (χ3n) is 10.4. The van der Waals surface area contributed by atoms with Gasteiger partial charge >= 0.3 is 12.1 Å². The normalized spacial score (nSPS) is 25.3. The van der Waals surface area contributed by atoms with Gasteiger partial charge in [-0.25, -0.2) is 4.79 Å². The van der Waals surface area contributed by atoms with Gasteiger partial charge in [0.2, 0.25) is 5.91 Å². The Morgan fingerprint density at radius 2 is 1.83 bits per heavy atom. The van der Waals surface area contributed by atoms with Gasteiger partial charge in [-0.15, -0.1) is 5.10 Å². The van der Waals surface area contributed by atoms with Crippen LogP contribution in [0.3, 0.4) is 0 Å². The SMILES string of the molecule is CNC(=O)CCn1cc(-c2ccc(NC(=O)O[C@H]3C[C@@H](C)C=C4C=C[C@H](C)[C@H](CC[C@@H]5C[C@@H](OCc6ccc(OC)cc6)CC(=O)O5)[C@H]43)cc2)nn1. The lowest BCUT2D eigenvalue weighted by Gasteiger charge is -2.43. The molecule has 0 bridgehead atoms. The van der Waals surface area contributed by atoms with Gasteiger partial charge in [0.1, 0.15) is 23.7 Å². The summed E-state index contributed by atoms with van der Waals surface area (Å²) in [5, 5.41) is 13.8. The van der Waals surface area contributed by atoms with Crippen molar-refractivity contribution in [2.45, 2.75) is 83.8 Å². The minimum Gasteiger partial charge on any atom is -0.497 e. The molecular weight excluding hydrogens is 662 g/mol. The van der Waals surface area contributed by atoms with Crippen LogP contribution in [0.5, 0.6) is 5.75 Å². The Morgan fingerprint density at radius 1 is 1.04 bits per heavy atom. The number of amides is 2. The number of hydrogen-bond acceptors (Lipinski definition) is 9. The first-order valence-electron chi connectivity index (χ1n) is 18.2. The third kappa shape index (κ3) is 9.47. The molecule has 0 spiro atoms. The Hall–Kier alpha value is -4.97. The van der Waals surface area contributed by atoms with Crippen LogP contribution in [0.2, 0.25) is 0 Å². The molecule has 2 heterocycles. The summed E-state index contributed by atoms with van der Waals surface area (Å²) in [5.74, 6) is 1.27. The number of rotatable bonds is 13. The first-order chi connectivity index (χ1) is 25.2. The monoisotopic (exact) mass is 711 g/mol. The van der Waals surface area contributed by atoms with E-state index in [9.17, 15) is 14.4 Å². The van der Waals surface area contributed by atoms with Gasteiger partial charge in [-0.3, -0.25) is 19.6 Å². The molecule has 6 rings (SSSR count). The highest BCUT2D eigenvalue weighted by molar-refractivity contribution is 5.85. The van der Waals surface area contributed by atoms with Crippen LogP contribution in [0.15, 0.2) is 78.5 Å². The van der Waals surface area contributed by atoms with Gasteiger partial charge in [0.15, 0.2) is 0 Å². The van der Waals surface area contributed by atoms with Crippen molar-refractivity contribution in [2.75, 3.05) is 19.5 Å². The summed E-state index contributed by atoms with van der Waals surface area (Å²) in [5.41, 5.74) is 4.34. The second-order valence-corrected chi connectivity index (χ2v) is 14.1. The maximum atomic E-state index is 13.3. The lowest BCUT2D eigenvalue weighted by molar-refractivity contribution is -0.164. The lowest BCUT2D eigenvalue weighted by atomic mass is 9.65. The second kappa shape index (κ2) is 17.0. The Labute approximate surface area is 304 Å². The molecule has 7 atom stereocenters. The van der Waals surface area contributed by atoms with Crippen molar-refractivity contribution in [3.05, 3.63) is 84.1 Å². The van der Waals surface area contributed by atoms with Crippen LogP contribution in [0, 0.1) is 23.7 Å². The Bertz CT molecular complexity index is 1750. The number of cyclic esters (lactones) is 1.